The summed E-state index contributed by atoms with van der Waals surface area (Å²) in [5, 5.41) is 10.4. The number of nitrogens with zero attached hydrogens (tertiary/aromatic N) is 4. The van der Waals surface area contributed by atoms with Gasteiger partial charge in [-0.15, -0.1) is 0 Å². The second-order valence-corrected chi connectivity index (χ2v) is 7.39. The van der Waals surface area contributed by atoms with Crippen LogP contribution in [0.1, 0.15) is 23.2 Å². The number of fused-ring (bicyclic) bond motifs is 1. The van der Waals surface area contributed by atoms with Crippen LogP contribution in [0.15, 0.2) is 59.7 Å². The number of carbonyl (C=O) groups is 1. The van der Waals surface area contributed by atoms with Gasteiger partial charge < -0.3 is 15.1 Å². The Balaban J connectivity index is 1.33. The first kappa shape index (κ1) is 19.1. The van der Waals surface area contributed by atoms with Crippen LogP contribution in [0.4, 0.5) is 11.8 Å². The molecular formula is C22H21N7O2. The maximum atomic E-state index is 12.8. The molecule has 1 aliphatic heterocycles. The Kier molecular flexibility index (Phi) is 5.24. The summed E-state index contributed by atoms with van der Waals surface area (Å²) < 4.78 is 5.35. The molecule has 4 heterocycles. The average molecular weight is 415 g/mol. The molecule has 1 aromatic carbocycles. The van der Waals surface area contributed by atoms with Gasteiger partial charge in [0.1, 0.15) is 5.82 Å². The fraction of sp³-hybridized carbons (Fsp3) is 0.227. The molecular weight excluding hydrogens is 394 g/mol. The van der Waals surface area contributed by atoms with Gasteiger partial charge in [-0.25, -0.2) is 19.9 Å². The van der Waals surface area contributed by atoms with E-state index >= 15 is 0 Å². The van der Waals surface area contributed by atoms with Crippen LogP contribution in [0.3, 0.4) is 0 Å². The van der Waals surface area contributed by atoms with Crippen molar-refractivity contribution in [2.75, 3.05) is 23.7 Å². The molecule has 3 aromatic heterocycles. The number of nitrogens with one attached hydrogen (secondary N) is 3. The summed E-state index contributed by atoms with van der Waals surface area (Å²) in [7, 11) is 0. The highest BCUT2D eigenvalue weighted by molar-refractivity contribution is 6.04. The van der Waals surface area contributed by atoms with Crippen molar-refractivity contribution in [1.82, 2.24) is 25.3 Å². The number of rotatable bonds is 5. The van der Waals surface area contributed by atoms with Gasteiger partial charge in [-0.2, -0.15) is 0 Å². The molecule has 9 nitrogen and oxygen atoms in total. The van der Waals surface area contributed by atoms with Gasteiger partial charge in [0, 0.05) is 34.9 Å². The Morgan fingerprint density at radius 1 is 1.10 bits per heavy atom. The van der Waals surface area contributed by atoms with E-state index in [1.807, 2.05) is 18.2 Å². The summed E-state index contributed by atoms with van der Waals surface area (Å²) in [5.74, 6) is 1.28. The molecule has 156 valence electrons. The number of pyridine rings is 1. The van der Waals surface area contributed by atoms with Crippen molar-refractivity contribution in [3.63, 3.8) is 0 Å². The van der Waals surface area contributed by atoms with Gasteiger partial charge in [0.05, 0.1) is 11.7 Å². The zero-order valence-electron chi connectivity index (χ0n) is 16.7. The third-order valence-corrected chi connectivity index (χ3v) is 5.24. The van der Waals surface area contributed by atoms with Crippen LogP contribution in [-0.2, 0) is 0 Å². The van der Waals surface area contributed by atoms with E-state index in [0.717, 1.165) is 36.9 Å². The van der Waals surface area contributed by atoms with Crippen molar-refractivity contribution in [2.45, 2.75) is 18.9 Å². The zero-order chi connectivity index (χ0) is 21.0. The smallest absolute Gasteiger partial charge is 0.258 e. The summed E-state index contributed by atoms with van der Waals surface area (Å²) in [4.78, 5) is 29.8. The quantitative estimate of drug-likeness (QED) is 0.455. The molecule has 3 N–H and O–H groups in total. The highest BCUT2D eigenvalue weighted by Gasteiger charge is 2.15. The van der Waals surface area contributed by atoms with Crippen LogP contribution in [0, 0.1) is 0 Å². The van der Waals surface area contributed by atoms with E-state index < -0.39 is 0 Å². The molecule has 4 aromatic rings. The predicted octanol–water partition coefficient (Wildman–Crippen LogP) is 3.10. The molecule has 5 rings (SSSR count). The van der Waals surface area contributed by atoms with E-state index in [0.29, 0.717) is 28.7 Å². The van der Waals surface area contributed by atoms with Crippen molar-refractivity contribution in [2.24, 2.45) is 0 Å². The number of hydrogen-bond acceptors (Lipinski definition) is 8. The molecule has 1 fully saturated rings. The number of anilines is 2. The Labute approximate surface area is 178 Å². The van der Waals surface area contributed by atoms with E-state index in [4.69, 9.17) is 4.42 Å². The minimum absolute atomic E-state index is 0.233. The first-order valence-electron chi connectivity index (χ1n) is 10.1. The van der Waals surface area contributed by atoms with Gasteiger partial charge in [0.25, 0.3) is 5.91 Å². The molecule has 31 heavy (non-hydrogen) atoms. The first-order valence-corrected chi connectivity index (χ1v) is 10.1. The Morgan fingerprint density at radius 3 is 2.84 bits per heavy atom. The van der Waals surface area contributed by atoms with E-state index in [-0.39, 0.29) is 11.9 Å². The van der Waals surface area contributed by atoms with Gasteiger partial charge in [0.15, 0.2) is 12.2 Å². The fourth-order valence-electron chi connectivity index (χ4n) is 3.59. The molecule has 1 saturated heterocycles. The minimum Gasteiger partial charge on any atom is -0.444 e. The van der Waals surface area contributed by atoms with Crippen LogP contribution in [0.5, 0.6) is 0 Å². The molecule has 0 bridgehead atoms. The largest absolute Gasteiger partial charge is 0.444 e. The number of hydrogen-bond donors (Lipinski definition) is 3. The maximum absolute atomic E-state index is 12.8. The lowest BCUT2D eigenvalue weighted by molar-refractivity contribution is 0.102. The molecule has 0 radical (unpaired) electrons. The van der Waals surface area contributed by atoms with E-state index in [1.54, 1.807) is 30.7 Å². The van der Waals surface area contributed by atoms with E-state index in [1.165, 1.54) is 6.39 Å². The second kappa shape index (κ2) is 8.49. The monoisotopic (exact) mass is 415 g/mol. The number of benzene rings is 1. The molecule has 0 aliphatic carbocycles. The van der Waals surface area contributed by atoms with Crippen LogP contribution < -0.4 is 16.0 Å². The Morgan fingerprint density at radius 2 is 2.00 bits per heavy atom. The third kappa shape index (κ3) is 4.36. The molecule has 1 aliphatic rings. The van der Waals surface area contributed by atoms with Gasteiger partial charge in [-0.05, 0) is 44.1 Å². The lowest BCUT2D eigenvalue weighted by atomic mass is 10.1. The third-order valence-electron chi connectivity index (χ3n) is 5.24. The summed E-state index contributed by atoms with van der Waals surface area (Å²) in [6.45, 7) is 1.96. The number of piperidine rings is 1. The number of oxazole rings is 1. The Bertz CT molecular complexity index is 1200. The van der Waals surface area contributed by atoms with Crippen molar-refractivity contribution in [1.29, 1.82) is 0 Å². The lowest BCUT2D eigenvalue weighted by Crippen LogP contribution is -2.35. The molecule has 0 atom stereocenters. The standard InChI is InChI=1S/C22H21N7O2/c30-21(15-3-8-25-20(10-15)27-17-4-6-23-7-5-17)29-22-26-11-16-2-1-14(9-18(16)28-22)19-12-24-13-31-19/h1-3,8-13,17,23H,4-7H2,(H,25,27)(H,26,28,29,30). The predicted molar refractivity (Wildman–Crippen MR) is 117 cm³/mol. The number of amides is 1. The molecule has 9 heteroatoms. The van der Waals surface area contributed by atoms with Gasteiger partial charge >= 0.3 is 0 Å². The highest BCUT2D eigenvalue weighted by Crippen LogP contribution is 2.23. The lowest BCUT2D eigenvalue weighted by Gasteiger charge is -2.24. The molecule has 1 amide bonds. The average Bonchev–Trinajstić information content (AvgIpc) is 3.34. The van der Waals surface area contributed by atoms with Crippen molar-refractivity contribution in [3.8, 4) is 11.3 Å². The van der Waals surface area contributed by atoms with Crippen molar-refractivity contribution in [3.05, 3.63) is 60.9 Å². The summed E-state index contributed by atoms with van der Waals surface area (Å²) in [5.41, 5.74) is 2.04. The van der Waals surface area contributed by atoms with Crippen molar-refractivity contribution >= 4 is 28.6 Å². The molecule has 0 spiro atoms. The SMILES string of the molecule is O=C(Nc1ncc2ccc(-c3cnco3)cc2n1)c1ccnc(NC2CCNCC2)c1. The summed E-state index contributed by atoms with van der Waals surface area (Å²) in [6, 6.07) is 9.47. The molecule has 0 saturated carbocycles. The normalized spacial score (nSPS) is 14.5. The summed E-state index contributed by atoms with van der Waals surface area (Å²) >= 11 is 0. The highest BCUT2D eigenvalue weighted by atomic mass is 16.3. The summed E-state index contributed by atoms with van der Waals surface area (Å²) in [6.07, 6.45) is 8.39. The van der Waals surface area contributed by atoms with E-state index in [2.05, 4.69) is 35.9 Å². The van der Waals surface area contributed by atoms with Crippen LogP contribution in [-0.4, -0.2) is 45.0 Å². The minimum atomic E-state index is -0.290. The maximum Gasteiger partial charge on any atom is 0.258 e. The first-order chi connectivity index (χ1) is 15.2. The fourth-order valence-corrected chi connectivity index (χ4v) is 3.59. The van der Waals surface area contributed by atoms with Crippen LogP contribution >= 0.6 is 0 Å². The van der Waals surface area contributed by atoms with Gasteiger partial charge in [-0.1, -0.05) is 12.1 Å². The van der Waals surface area contributed by atoms with Crippen LogP contribution in [0.25, 0.3) is 22.2 Å². The van der Waals surface area contributed by atoms with Gasteiger partial charge in [0.2, 0.25) is 5.95 Å². The topological polar surface area (TPSA) is 118 Å². The van der Waals surface area contributed by atoms with Crippen molar-refractivity contribution < 1.29 is 9.21 Å². The number of carbonyl (C=O) groups excluding carboxylic acids is 1. The van der Waals surface area contributed by atoms with Crippen LogP contribution in [0.2, 0.25) is 0 Å². The number of aromatic nitrogens is 4. The van der Waals surface area contributed by atoms with E-state index in [9.17, 15) is 4.79 Å². The Hall–Kier alpha value is -3.85. The van der Waals surface area contributed by atoms with Gasteiger partial charge in [-0.3, -0.25) is 10.1 Å². The zero-order valence-corrected chi connectivity index (χ0v) is 16.7. The second-order valence-electron chi connectivity index (χ2n) is 7.39. The molecule has 0 unspecified atom stereocenters.